The summed E-state index contributed by atoms with van der Waals surface area (Å²) < 4.78 is 0. The fourth-order valence-electron chi connectivity index (χ4n) is 4.41. The molecule has 1 heterocycles. The summed E-state index contributed by atoms with van der Waals surface area (Å²) in [6.45, 7) is 4.76. The van der Waals surface area contributed by atoms with Crippen LogP contribution in [0.4, 0.5) is 0 Å². The van der Waals surface area contributed by atoms with Gasteiger partial charge in [0.05, 0.1) is 17.4 Å². The SMILES string of the molecule is C=CC[C@@]1(O)CC[C@H](C(=O)N2CC=C(c3ccccc3)CC2)[C@@H](C(=O)NO)C1. The Morgan fingerprint density at radius 1 is 1.29 bits per heavy atom. The molecule has 1 aliphatic heterocycles. The third kappa shape index (κ3) is 4.34. The van der Waals surface area contributed by atoms with E-state index in [4.69, 9.17) is 5.21 Å². The minimum Gasteiger partial charge on any atom is -0.390 e. The van der Waals surface area contributed by atoms with E-state index < -0.39 is 23.3 Å². The molecule has 0 aromatic heterocycles. The second kappa shape index (κ2) is 8.71. The first-order chi connectivity index (χ1) is 13.5. The molecule has 28 heavy (non-hydrogen) atoms. The number of nitrogens with one attached hydrogen (secondary N) is 1. The highest BCUT2D eigenvalue weighted by Gasteiger charge is 2.46. The zero-order valence-corrected chi connectivity index (χ0v) is 16.0. The Bertz CT molecular complexity index is 761. The maximum Gasteiger partial charge on any atom is 0.247 e. The first-order valence-corrected chi connectivity index (χ1v) is 9.78. The lowest BCUT2D eigenvalue weighted by molar-refractivity contribution is -0.152. The first-order valence-electron chi connectivity index (χ1n) is 9.78. The van der Waals surface area contributed by atoms with Crippen LogP contribution in [0.5, 0.6) is 0 Å². The van der Waals surface area contributed by atoms with Gasteiger partial charge in [-0.1, -0.05) is 42.5 Å². The average molecular weight is 384 g/mol. The van der Waals surface area contributed by atoms with Gasteiger partial charge in [0.15, 0.2) is 0 Å². The number of carbonyl (C=O) groups excluding carboxylic acids is 2. The van der Waals surface area contributed by atoms with Gasteiger partial charge in [0.1, 0.15) is 0 Å². The zero-order valence-electron chi connectivity index (χ0n) is 16.0. The molecular formula is C22H28N2O4. The van der Waals surface area contributed by atoms with Gasteiger partial charge in [0.2, 0.25) is 11.8 Å². The normalized spacial score (nSPS) is 27.6. The molecule has 2 amide bonds. The van der Waals surface area contributed by atoms with E-state index in [1.165, 1.54) is 11.1 Å². The second-order valence-electron chi connectivity index (χ2n) is 7.78. The predicted molar refractivity (Wildman–Crippen MR) is 106 cm³/mol. The molecule has 3 rings (SSSR count). The van der Waals surface area contributed by atoms with Crippen molar-refractivity contribution in [2.75, 3.05) is 13.1 Å². The molecule has 6 heteroatoms. The quantitative estimate of drug-likeness (QED) is 0.413. The third-order valence-electron chi connectivity index (χ3n) is 5.96. The maximum atomic E-state index is 13.1. The summed E-state index contributed by atoms with van der Waals surface area (Å²) in [5.41, 5.74) is 3.00. The van der Waals surface area contributed by atoms with E-state index in [1.54, 1.807) is 16.5 Å². The maximum absolute atomic E-state index is 13.1. The summed E-state index contributed by atoms with van der Waals surface area (Å²) in [6.07, 6.45) is 5.79. The molecule has 3 N–H and O–H groups in total. The molecule has 1 aliphatic carbocycles. The Morgan fingerprint density at radius 3 is 2.64 bits per heavy atom. The summed E-state index contributed by atoms with van der Waals surface area (Å²) in [5, 5.41) is 19.8. The largest absolute Gasteiger partial charge is 0.390 e. The molecule has 0 saturated heterocycles. The predicted octanol–water partition coefficient (Wildman–Crippen LogP) is 2.53. The lowest BCUT2D eigenvalue weighted by Crippen LogP contribution is -2.51. The lowest BCUT2D eigenvalue weighted by atomic mass is 9.69. The van der Waals surface area contributed by atoms with Crippen LogP contribution in [-0.2, 0) is 9.59 Å². The van der Waals surface area contributed by atoms with E-state index in [-0.39, 0.29) is 12.3 Å². The topological polar surface area (TPSA) is 89.9 Å². The molecule has 1 aromatic carbocycles. The number of hydroxylamine groups is 1. The van der Waals surface area contributed by atoms with Gasteiger partial charge < -0.3 is 10.0 Å². The zero-order chi connectivity index (χ0) is 20.1. The Kier molecular flexibility index (Phi) is 6.31. The Balaban J connectivity index is 1.71. The van der Waals surface area contributed by atoms with Crippen LogP contribution in [-0.4, -0.2) is 45.7 Å². The van der Waals surface area contributed by atoms with Gasteiger partial charge in [-0.25, -0.2) is 5.48 Å². The number of benzene rings is 1. The van der Waals surface area contributed by atoms with Gasteiger partial charge in [0, 0.05) is 13.1 Å². The van der Waals surface area contributed by atoms with Crippen molar-refractivity contribution in [3.63, 3.8) is 0 Å². The van der Waals surface area contributed by atoms with Crippen molar-refractivity contribution in [1.29, 1.82) is 0 Å². The van der Waals surface area contributed by atoms with Gasteiger partial charge >= 0.3 is 0 Å². The van der Waals surface area contributed by atoms with Crippen molar-refractivity contribution in [3.05, 3.63) is 54.6 Å². The van der Waals surface area contributed by atoms with Crippen LogP contribution in [0.15, 0.2) is 49.1 Å². The van der Waals surface area contributed by atoms with Crippen LogP contribution in [0.1, 0.15) is 37.7 Å². The number of amides is 2. The summed E-state index contributed by atoms with van der Waals surface area (Å²) in [4.78, 5) is 27.1. The van der Waals surface area contributed by atoms with E-state index in [1.807, 2.05) is 18.2 Å². The molecule has 1 aromatic rings. The van der Waals surface area contributed by atoms with E-state index in [2.05, 4.69) is 24.8 Å². The standard InChI is InChI=1S/C22H28N2O4/c1-2-11-22(27)12-8-18(19(15-22)20(25)23-28)21(26)24-13-9-17(10-14-24)16-6-4-3-5-7-16/h2-7,9,18-19,27-28H,1,8,10-15H2,(H,23,25)/t18-,19-,22+/m0/s1. The molecular weight excluding hydrogens is 356 g/mol. The minimum atomic E-state index is -1.06. The number of hydrogen-bond donors (Lipinski definition) is 3. The molecule has 0 radical (unpaired) electrons. The molecule has 0 spiro atoms. The Morgan fingerprint density at radius 2 is 2.04 bits per heavy atom. The van der Waals surface area contributed by atoms with Crippen LogP contribution in [0.25, 0.3) is 5.57 Å². The van der Waals surface area contributed by atoms with Crippen LogP contribution in [0, 0.1) is 11.8 Å². The van der Waals surface area contributed by atoms with Crippen LogP contribution >= 0.6 is 0 Å². The Hall–Kier alpha value is -2.44. The van der Waals surface area contributed by atoms with Gasteiger partial charge in [-0.15, -0.1) is 6.58 Å². The molecule has 3 atom stereocenters. The van der Waals surface area contributed by atoms with Crippen molar-refractivity contribution in [1.82, 2.24) is 10.4 Å². The molecule has 1 saturated carbocycles. The molecule has 150 valence electrons. The summed E-state index contributed by atoms with van der Waals surface area (Å²) >= 11 is 0. The smallest absolute Gasteiger partial charge is 0.247 e. The van der Waals surface area contributed by atoms with Crippen LogP contribution in [0.3, 0.4) is 0 Å². The van der Waals surface area contributed by atoms with Gasteiger partial charge in [-0.2, -0.15) is 0 Å². The van der Waals surface area contributed by atoms with Gasteiger partial charge in [-0.05, 0) is 43.2 Å². The van der Waals surface area contributed by atoms with Crippen LogP contribution in [0.2, 0.25) is 0 Å². The Labute approximate surface area is 165 Å². The first kappa shape index (κ1) is 20.3. The summed E-state index contributed by atoms with van der Waals surface area (Å²) in [5.74, 6) is -1.99. The van der Waals surface area contributed by atoms with E-state index in [0.29, 0.717) is 32.4 Å². The highest BCUT2D eigenvalue weighted by Crippen LogP contribution is 2.40. The van der Waals surface area contributed by atoms with E-state index in [9.17, 15) is 14.7 Å². The van der Waals surface area contributed by atoms with E-state index >= 15 is 0 Å². The van der Waals surface area contributed by atoms with Crippen molar-refractivity contribution < 1.29 is 19.9 Å². The lowest BCUT2D eigenvalue weighted by Gasteiger charge is -2.41. The van der Waals surface area contributed by atoms with E-state index in [0.717, 1.165) is 6.42 Å². The highest BCUT2D eigenvalue weighted by atomic mass is 16.5. The monoisotopic (exact) mass is 384 g/mol. The third-order valence-corrected chi connectivity index (χ3v) is 5.96. The molecule has 0 unspecified atom stereocenters. The summed E-state index contributed by atoms with van der Waals surface area (Å²) in [7, 11) is 0. The second-order valence-corrected chi connectivity index (χ2v) is 7.78. The summed E-state index contributed by atoms with van der Waals surface area (Å²) in [6, 6.07) is 10.1. The van der Waals surface area contributed by atoms with Gasteiger partial charge in [-0.3, -0.25) is 14.8 Å². The van der Waals surface area contributed by atoms with Crippen molar-refractivity contribution >= 4 is 17.4 Å². The number of aliphatic hydroxyl groups is 1. The minimum absolute atomic E-state index is 0.0855. The molecule has 2 aliphatic rings. The average Bonchev–Trinajstić information content (AvgIpc) is 2.73. The highest BCUT2D eigenvalue weighted by molar-refractivity contribution is 5.88. The number of nitrogens with zero attached hydrogens (tertiary/aromatic N) is 1. The number of hydrogen-bond acceptors (Lipinski definition) is 4. The van der Waals surface area contributed by atoms with Crippen molar-refractivity contribution in [2.24, 2.45) is 11.8 Å². The van der Waals surface area contributed by atoms with Crippen LogP contribution < -0.4 is 5.48 Å². The number of carbonyl (C=O) groups is 2. The molecule has 6 nitrogen and oxygen atoms in total. The number of rotatable bonds is 5. The fourth-order valence-corrected chi connectivity index (χ4v) is 4.41. The van der Waals surface area contributed by atoms with Crippen molar-refractivity contribution in [3.8, 4) is 0 Å². The fraction of sp³-hybridized carbons (Fsp3) is 0.455. The van der Waals surface area contributed by atoms with Crippen molar-refractivity contribution in [2.45, 2.75) is 37.7 Å². The molecule has 0 bridgehead atoms. The molecule has 1 fully saturated rings. The van der Waals surface area contributed by atoms with Gasteiger partial charge in [0.25, 0.3) is 0 Å².